The number of rotatable bonds is 3. The number of hydrogen-bond acceptors (Lipinski definition) is 2. The highest BCUT2D eigenvalue weighted by Crippen LogP contribution is 2.43. The van der Waals surface area contributed by atoms with Gasteiger partial charge in [0.1, 0.15) is 0 Å². The van der Waals surface area contributed by atoms with Gasteiger partial charge in [0.05, 0.1) is 5.41 Å². The molecule has 2 unspecified atom stereocenters. The summed E-state index contributed by atoms with van der Waals surface area (Å²) in [6.07, 6.45) is 4.07. The normalized spacial score (nSPS) is 31.8. The third-order valence-corrected chi connectivity index (χ3v) is 5.27. The van der Waals surface area contributed by atoms with E-state index in [0.717, 1.165) is 32.4 Å². The van der Waals surface area contributed by atoms with Crippen molar-refractivity contribution in [3.05, 3.63) is 35.9 Å². The first kappa shape index (κ1) is 13.6. The lowest BCUT2D eigenvalue weighted by Gasteiger charge is -2.51. The summed E-state index contributed by atoms with van der Waals surface area (Å²) >= 11 is 0. The van der Waals surface area contributed by atoms with Crippen LogP contribution in [0.15, 0.2) is 30.3 Å². The van der Waals surface area contributed by atoms with Crippen LogP contribution in [0.4, 0.5) is 0 Å². The molecule has 2 atom stereocenters. The summed E-state index contributed by atoms with van der Waals surface area (Å²) in [7, 11) is 0. The van der Waals surface area contributed by atoms with Crippen LogP contribution >= 0.6 is 0 Å². The molecule has 3 nitrogen and oxygen atoms in total. The SMILES string of the molecule is CC1(C(=O)O)CCCCC1N1CC(c2ccccc2)C1. The molecule has 1 aromatic carbocycles. The first-order valence-corrected chi connectivity index (χ1v) is 7.63. The minimum atomic E-state index is -0.620. The van der Waals surface area contributed by atoms with Crippen LogP contribution in [-0.2, 0) is 4.79 Å². The van der Waals surface area contributed by atoms with Crippen LogP contribution in [0, 0.1) is 5.41 Å². The lowest BCUT2D eigenvalue weighted by molar-refractivity contribution is -0.157. The van der Waals surface area contributed by atoms with Gasteiger partial charge in [-0.1, -0.05) is 43.2 Å². The summed E-state index contributed by atoms with van der Waals surface area (Å²) in [5.74, 6) is -0.0402. The van der Waals surface area contributed by atoms with E-state index in [9.17, 15) is 9.90 Å². The number of carboxylic acid groups (broad SMARTS) is 1. The molecule has 1 aliphatic carbocycles. The zero-order valence-electron chi connectivity index (χ0n) is 12.1. The first-order valence-electron chi connectivity index (χ1n) is 7.63. The van der Waals surface area contributed by atoms with Gasteiger partial charge >= 0.3 is 5.97 Å². The van der Waals surface area contributed by atoms with Crippen molar-refractivity contribution >= 4 is 5.97 Å². The van der Waals surface area contributed by atoms with Gasteiger partial charge in [0.25, 0.3) is 0 Å². The Bertz CT molecular complexity index is 481. The van der Waals surface area contributed by atoms with Crippen LogP contribution in [0.5, 0.6) is 0 Å². The van der Waals surface area contributed by atoms with E-state index < -0.39 is 11.4 Å². The molecule has 1 aromatic rings. The second-order valence-corrected chi connectivity index (χ2v) is 6.55. The Hall–Kier alpha value is -1.35. The second kappa shape index (κ2) is 5.21. The third kappa shape index (κ3) is 2.24. The monoisotopic (exact) mass is 273 g/mol. The molecule has 3 heteroatoms. The lowest BCUT2D eigenvalue weighted by Crippen LogP contribution is -2.59. The van der Waals surface area contributed by atoms with E-state index in [-0.39, 0.29) is 6.04 Å². The van der Waals surface area contributed by atoms with Crippen LogP contribution in [0.1, 0.15) is 44.1 Å². The number of aliphatic carboxylic acids is 1. The minimum absolute atomic E-state index is 0.216. The van der Waals surface area contributed by atoms with E-state index in [1.54, 1.807) is 0 Å². The quantitative estimate of drug-likeness (QED) is 0.920. The smallest absolute Gasteiger partial charge is 0.310 e. The highest BCUT2D eigenvalue weighted by atomic mass is 16.4. The predicted molar refractivity (Wildman–Crippen MR) is 78.8 cm³/mol. The zero-order chi connectivity index (χ0) is 14.2. The Balaban J connectivity index is 1.68. The Morgan fingerprint density at radius 2 is 1.95 bits per heavy atom. The van der Waals surface area contributed by atoms with Crippen molar-refractivity contribution in [2.75, 3.05) is 13.1 Å². The summed E-state index contributed by atoms with van der Waals surface area (Å²) in [5.41, 5.74) is 0.830. The summed E-state index contributed by atoms with van der Waals surface area (Å²) in [6.45, 7) is 3.96. The highest BCUT2D eigenvalue weighted by Gasteiger charge is 2.48. The minimum Gasteiger partial charge on any atom is -0.481 e. The fraction of sp³-hybridized carbons (Fsp3) is 0.588. The van der Waals surface area contributed by atoms with Crippen molar-refractivity contribution in [3.8, 4) is 0 Å². The topological polar surface area (TPSA) is 40.5 Å². The van der Waals surface area contributed by atoms with Gasteiger partial charge in [0.15, 0.2) is 0 Å². The molecule has 2 aliphatic rings. The molecule has 108 valence electrons. The molecule has 20 heavy (non-hydrogen) atoms. The van der Waals surface area contributed by atoms with E-state index in [2.05, 4.69) is 29.2 Å². The molecule has 1 N–H and O–H groups in total. The first-order chi connectivity index (χ1) is 9.61. The van der Waals surface area contributed by atoms with Crippen molar-refractivity contribution in [2.24, 2.45) is 5.41 Å². The summed E-state index contributed by atoms with van der Waals surface area (Å²) < 4.78 is 0. The van der Waals surface area contributed by atoms with Crippen molar-refractivity contribution in [1.82, 2.24) is 4.90 Å². The van der Waals surface area contributed by atoms with Gasteiger partial charge in [-0.25, -0.2) is 0 Å². The average Bonchev–Trinajstić information content (AvgIpc) is 2.40. The van der Waals surface area contributed by atoms with E-state index >= 15 is 0 Å². The molecule has 0 radical (unpaired) electrons. The number of hydrogen-bond donors (Lipinski definition) is 1. The highest BCUT2D eigenvalue weighted by molar-refractivity contribution is 5.75. The predicted octanol–water partition coefficient (Wildman–Crippen LogP) is 3.12. The van der Waals surface area contributed by atoms with E-state index in [4.69, 9.17) is 0 Å². The maximum Gasteiger partial charge on any atom is 0.310 e. The second-order valence-electron chi connectivity index (χ2n) is 6.55. The number of nitrogens with zero attached hydrogens (tertiary/aromatic N) is 1. The van der Waals surface area contributed by atoms with Gasteiger partial charge in [-0.05, 0) is 25.3 Å². The standard InChI is InChI=1S/C17H23NO2/c1-17(16(19)20)10-6-5-9-15(17)18-11-14(12-18)13-7-3-2-4-8-13/h2-4,7-8,14-15H,5-6,9-12H2,1H3,(H,19,20). The van der Waals surface area contributed by atoms with Gasteiger partial charge in [-0.2, -0.15) is 0 Å². The van der Waals surface area contributed by atoms with Crippen molar-refractivity contribution < 1.29 is 9.90 Å². The molecule has 0 bridgehead atoms. The van der Waals surface area contributed by atoms with Crippen LogP contribution in [0.3, 0.4) is 0 Å². The molecule has 1 aliphatic heterocycles. The van der Waals surface area contributed by atoms with Crippen LogP contribution in [0.25, 0.3) is 0 Å². The third-order valence-electron chi connectivity index (χ3n) is 5.27. The van der Waals surface area contributed by atoms with Gasteiger partial charge in [0, 0.05) is 25.0 Å². The zero-order valence-corrected chi connectivity index (χ0v) is 12.1. The fourth-order valence-corrected chi connectivity index (χ4v) is 3.85. The van der Waals surface area contributed by atoms with E-state index in [0.29, 0.717) is 5.92 Å². The van der Waals surface area contributed by atoms with E-state index in [1.807, 2.05) is 13.0 Å². The average molecular weight is 273 g/mol. The van der Waals surface area contributed by atoms with Gasteiger partial charge in [0.2, 0.25) is 0 Å². The van der Waals surface area contributed by atoms with Gasteiger partial charge < -0.3 is 5.11 Å². The number of likely N-dealkylation sites (tertiary alicyclic amines) is 1. The molecule has 0 amide bonds. The van der Waals surface area contributed by atoms with Crippen LogP contribution in [0.2, 0.25) is 0 Å². The number of benzene rings is 1. The molecule has 0 aromatic heterocycles. The molecular weight excluding hydrogens is 250 g/mol. The van der Waals surface area contributed by atoms with Gasteiger partial charge in [-0.3, -0.25) is 9.69 Å². The molecular formula is C17H23NO2. The fourth-order valence-electron chi connectivity index (χ4n) is 3.85. The molecule has 2 fully saturated rings. The lowest BCUT2D eigenvalue weighted by atomic mass is 9.69. The largest absolute Gasteiger partial charge is 0.481 e. The number of carboxylic acids is 1. The molecule has 1 saturated heterocycles. The Labute approximate surface area is 120 Å². The Morgan fingerprint density at radius 3 is 2.60 bits per heavy atom. The van der Waals surface area contributed by atoms with Crippen LogP contribution < -0.4 is 0 Å². The maximum absolute atomic E-state index is 11.7. The summed E-state index contributed by atoms with van der Waals surface area (Å²) in [5, 5.41) is 9.59. The van der Waals surface area contributed by atoms with E-state index in [1.165, 1.54) is 12.0 Å². The summed E-state index contributed by atoms with van der Waals surface area (Å²) in [4.78, 5) is 14.0. The van der Waals surface area contributed by atoms with Crippen molar-refractivity contribution in [1.29, 1.82) is 0 Å². The molecule has 1 saturated carbocycles. The van der Waals surface area contributed by atoms with Crippen molar-refractivity contribution in [2.45, 2.75) is 44.6 Å². The molecule has 0 spiro atoms. The summed E-state index contributed by atoms with van der Waals surface area (Å²) in [6, 6.07) is 10.8. The molecule has 1 heterocycles. The Kier molecular flexibility index (Phi) is 3.55. The van der Waals surface area contributed by atoms with Crippen LogP contribution in [-0.4, -0.2) is 35.1 Å². The number of carbonyl (C=O) groups is 1. The Morgan fingerprint density at radius 1 is 1.25 bits per heavy atom. The molecule has 3 rings (SSSR count). The maximum atomic E-state index is 11.7. The van der Waals surface area contributed by atoms with Gasteiger partial charge in [-0.15, -0.1) is 0 Å². The van der Waals surface area contributed by atoms with Crippen molar-refractivity contribution in [3.63, 3.8) is 0 Å².